The highest BCUT2D eigenvalue weighted by atomic mass is 16.2. The molecule has 1 fully saturated rings. The van der Waals surface area contributed by atoms with Crippen LogP contribution in [0.5, 0.6) is 0 Å². The van der Waals surface area contributed by atoms with Crippen molar-refractivity contribution in [1.82, 2.24) is 10.3 Å². The minimum Gasteiger partial charge on any atom is -0.383 e. The molecule has 1 saturated carbocycles. The molecule has 2 unspecified atom stereocenters. The van der Waals surface area contributed by atoms with Gasteiger partial charge in [0.2, 0.25) is 5.91 Å². The Morgan fingerprint density at radius 2 is 1.78 bits per heavy atom. The van der Waals surface area contributed by atoms with E-state index in [1.807, 2.05) is 42.5 Å². The number of anilines is 1. The van der Waals surface area contributed by atoms with Crippen molar-refractivity contribution in [2.24, 2.45) is 17.6 Å². The van der Waals surface area contributed by atoms with Crippen LogP contribution in [0.15, 0.2) is 60.8 Å². The molecule has 166 valence electrons. The van der Waals surface area contributed by atoms with Gasteiger partial charge in [0.05, 0.1) is 6.04 Å². The van der Waals surface area contributed by atoms with Crippen molar-refractivity contribution in [1.29, 1.82) is 0 Å². The third-order valence-corrected chi connectivity index (χ3v) is 6.64. The molecule has 0 radical (unpaired) electrons. The van der Waals surface area contributed by atoms with Gasteiger partial charge in [0.1, 0.15) is 5.82 Å². The predicted octanol–water partition coefficient (Wildman–Crippen LogP) is 4.36. The zero-order chi connectivity index (χ0) is 22.5. The molecule has 0 saturated heterocycles. The Kier molecular flexibility index (Phi) is 6.69. The summed E-state index contributed by atoms with van der Waals surface area (Å²) in [5.74, 6) is -0.0940. The van der Waals surface area contributed by atoms with Crippen LogP contribution in [-0.4, -0.2) is 16.8 Å². The van der Waals surface area contributed by atoms with Crippen LogP contribution in [0, 0.1) is 11.8 Å². The van der Waals surface area contributed by atoms with E-state index in [1.54, 1.807) is 18.3 Å². The lowest BCUT2D eigenvalue weighted by Crippen LogP contribution is -2.37. The average molecular weight is 431 g/mol. The van der Waals surface area contributed by atoms with Crippen molar-refractivity contribution in [2.75, 3.05) is 5.73 Å². The second-order valence-corrected chi connectivity index (χ2v) is 8.71. The highest BCUT2D eigenvalue weighted by Gasteiger charge is 2.31. The second-order valence-electron chi connectivity index (χ2n) is 8.71. The summed E-state index contributed by atoms with van der Waals surface area (Å²) in [5, 5.41) is 4.82. The van der Waals surface area contributed by atoms with Crippen LogP contribution >= 0.6 is 0 Å². The molecule has 6 heteroatoms. The van der Waals surface area contributed by atoms with Gasteiger partial charge in [-0.25, -0.2) is 4.98 Å². The predicted molar refractivity (Wildman–Crippen MR) is 127 cm³/mol. The smallest absolute Gasteiger partial charge is 0.251 e. The van der Waals surface area contributed by atoms with Crippen molar-refractivity contribution in [3.63, 3.8) is 0 Å². The van der Waals surface area contributed by atoms with E-state index in [4.69, 9.17) is 11.5 Å². The maximum Gasteiger partial charge on any atom is 0.251 e. The molecular weight excluding hydrogens is 400 g/mol. The van der Waals surface area contributed by atoms with Crippen molar-refractivity contribution in [3.8, 4) is 0 Å². The molecule has 3 aromatic rings. The van der Waals surface area contributed by atoms with Gasteiger partial charge in [0.15, 0.2) is 0 Å². The molecule has 1 aliphatic rings. The molecule has 0 aliphatic heterocycles. The number of carbonyl (C=O) groups excluding carboxylic acids is 2. The van der Waals surface area contributed by atoms with Gasteiger partial charge in [-0.05, 0) is 54.3 Å². The number of amides is 2. The topological polar surface area (TPSA) is 111 Å². The van der Waals surface area contributed by atoms with Gasteiger partial charge in [-0.3, -0.25) is 9.59 Å². The highest BCUT2D eigenvalue weighted by molar-refractivity contribution is 6.01. The molecule has 5 N–H and O–H groups in total. The van der Waals surface area contributed by atoms with Crippen molar-refractivity contribution < 1.29 is 9.59 Å². The van der Waals surface area contributed by atoms with E-state index in [9.17, 15) is 9.59 Å². The van der Waals surface area contributed by atoms with Crippen LogP contribution in [-0.2, 0) is 4.79 Å². The summed E-state index contributed by atoms with van der Waals surface area (Å²) in [6.07, 6.45) is 7.64. The van der Waals surface area contributed by atoms with E-state index in [-0.39, 0.29) is 29.7 Å². The molecule has 0 bridgehead atoms. The van der Waals surface area contributed by atoms with E-state index < -0.39 is 0 Å². The summed E-state index contributed by atoms with van der Waals surface area (Å²) < 4.78 is 0. The molecular formula is C26H30N4O2. The van der Waals surface area contributed by atoms with Crippen LogP contribution in [0.4, 0.5) is 5.82 Å². The van der Waals surface area contributed by atoms with Gasteiger partial charge >= 0.3 is 0 Å². The van der Waals surface area contributed by atoms with E-state index in [0.29, 0.717) is 17.8 Å². The maximum absolute atomic E-state index is 13.2. The number of hydrogen-bond donors (Lipinski definition) is 3. The van der Waals surface area contributed by atoms with Gasteiger partial charge in [-0.1, -0.05) is 55.7 Å². The number of nitrogens with one attached hydrogen (secondary N) is 1. The van der Waals surface area contributed by atoms with Crippen LogP contribution in [0.3, 0.4) is 0 Å². The van der Waals surface area contributed by atoms with E-state index in [1.165, 1.54) is 6.42 Å². The Hall–Kier alpha value is -3.41. The molecule has 2 amide bonds. The number of nitrogens with zero attached hydrogens (tertiary/aromatic N) is 1. The number of fused-ring (bicyclic) bond motifs is 1. The molecule has 1 aliphatic carbocycles. The largest absolute Gasteiger partial charge is 0.383 e. The lowest BCUT2D eigenvalue weighted by atomic mass is 9.76. The molecule has 32 heavy (non-hydrogen) atoms. The van der Waals surface area contributed by atoms with E-state index in [0.717, 1.165) is 42.0 Å². The van der Waals surface area contributed by atoms with Crippen molar-refractivity contribution in [2.45, 2.75) is 44.6 Å². The quantitative estimate of drug-likeness (QED) is 0.517. The molecule has 0 spiro atoms. The first kappa shape index (κ1) is 21.8. The van der Waals surface area contributed by atoms with Gasteiger partial charge < -0.3 is 16.8 Å². The number of carbonyl (C=O) groups is 2. The Balaban J connectivity index is 1.60. The standard InChI is InChI=1S/C26H30N4O2/c27-24-21-15-20(12-11-18(21)13-14-29-24)26(32)30-23(19-9-5-2-6-10-19)16-22(25(28)31)17-7-3-1-4-8-17/h2,5-6,9-15,17,22-23H,1,3-4,7-8,16H2,(H2,27,29)(H2,28,31)(H,30,32). The summed E-state index contributed by atoms with van der Waals surface area (Å²) in [5.41, 5.74) is 13.3. The molecule has 4 rings (SSSR count). The Morgan fingerprint density at radius 3 is 2.50 bits per heavy atom. The van der Waals surface area contributed by atoms with E-state index in [2.05, 4.69) is 10.3 Å². The maximum atomic E-state index is 13.2. The zero-order valence-corrected chi connectivity index (χ0v) is 18.2. The number of aromatic nitrogens is 1. The average Bonchev–Trinajstić information content (AvgIpc) is 2.82. The van der Waals surface area contributed by atoms with E-state index >= 15 is 0 Å². The van der Waals surface area contributed by atoms with Gasteiger partial charge in [-0.2, -0.15) is 0 Å². The lowest BCUT2D eigenvalue weighted by Gasteiger charge is -2.31. The first-order chi connectivity index (χ1) is 15.5. The fourth-order valence-corrected chi connectivity index (χ4v) is 4.87. The summed E-state index contributed by atoms with van der Waals surface area (Å²) in [7, 11) is 0. The Morgan fingerprint density at radius 1 is 1.03 bits per heavy atom. The third-order valence-electron chi connectivity index (χ3n) is 6.64. The van der Waals surface area contributed by atoms with Gasteiger partial charge in [0, 0.05) is 23.1 Å². The molecule has 2 atom stereocenters. The van der Waals surface area contributed by atoms with Crippen LogP contribution in [0.2, 0.25) is 0 Å². The fraction of sp³-hybridized carbons (Fsp3) is 0.346. The minimum atomic E-state index is -0.315. The minimum absolute atomic E-state index is 0.212. The summed E-state index contributed by atoms with van der Waals surface area (Å²) >= 11 is 0. The van der Waals surface area contributed by atoms with Crippen LogP contribution in [0.25, 0.3) is 10.8 Å². The van der Waals surface area contributed by atoms with Crippen molar-refractivity contribution in [3.05, 3.63) is 71.9 Å². The fourth-order valence-electron chi connectivity index (χ4n) is 4.87. The normalized spacial score (nSPS) is 16.4. The Bertz CT molecular complexity index is 1090. The zero-order valence-electron chi connectivity index (χ0n) is 18.2. The van der Waals surface area contributed by atoms with Crippen molar-refractivity contribution >= 4 is 28.4 Å². The van der Waals surface area contributed by atoms with Gasteiger partial charge in [-0.15, -0.1) is 0 Å². The number of benzene rings is 2. The monoisotopic (exact) mass is 430 g/mol. The summed E-state index contributed by atoms with van der Waals surface area (Å²) in [4.78, 5) is 29.7. The number of pyridine rings is 1. The van der Waals surface area contributed by atoms with Gasteiger partial charge in [0.25, 0.3) is 5.91 Å². The SMILES string of the molecule is NC(=O)C(CC(NC(=O)c1ccc2ccnc(N)c2c1)c1ccccc1)C1CCCCC1. The molecule has 6 nitrogen and oxygen atoms in total. The lowest BCUT2D eigenvalue weighted by molar-refractivity contribution is -0.124. The Labute approximate surface area is 188 Å². The summed E-state index contributed by atoms with van der Waals surface area (Å²) in [6.45, 7) is 0. The summed E-state index contributed by atoms with van der Waals surface area (Å²) in [6, 6.07) is 16.7. The molecule has 2 aromatic carbocycles. The first-order valence-corrected chi connectivity index (χ1v) is 11.3. The highest BCUT2D eigenvalue weighted by Crippen LogP contribution is 2.35. The van der Waals surface area contributed by atoms with Crippen LogP contribution < -0.4 is 16.8 Å². The first-order valence-electron chi connectivity index (χ1n) is 11.3. The number of primary amides is 1. The number of nitrogen functional groups attached to an aromatic ring is 1. The number of rotatable bonds is 7. The number of hydrogen-bond acceptors (Lipinski definition) is 4. The van der Waals surface area contributed by atoms with Crippen LogP contribution in [0.1, 0.15) is 60.5 Å². The second kappa shape index (κ2) is 9.81. The molecule has 1 aromatic heterocycles. The number of nitrogens with two attached hydrogens (primary N) is 2. The third kappa shape index (κ3) is 4.90. The molecule has 1 heterocycles.